The number of unbranched alkanes of at least 4 members (excludes halogenated alkanes) is 1. The first-order valence-electron chi connectivity index (χ1n) is 5.55. The molecule has 0 aliphatic carbocycles. The zero-order valence-corrected chi connectivity index (χ0v) is 11.2. The van der Waals surface area contributed by atoms with Crippen molar-refractivity contribution in [3.05, 3.63) is 33.6 Å². The number of hydrogen-bond acceptors (Lipinski definition) is 2. The van der Waals surface area contributed by atoms with Crippen molar-refractivity contribution in [1.82, 2.24) is 5.32 Å². The molecular formula is C12H16Cl2FNO. The molecule has 0 heterocycles. The highest BCUT2D eigenvalue weighted by molar-refractivity contribution is 6.36. The summed E-state index contributed by atoms with van der Waals surface area (Å²) in [5, 5.41) is 12.4. The van der Waals surface area contributed by atoms with Gasteiger partial charge < -0.3 is 10.4 Å². The minimum atomic E-state index is -0.463. The van der Waals surface area contributed by atoms with E-state index in [2.05, 4.69) is 5.32 Å². The first-order valence-corrected chi connectivity index (χ1v) is 6.31. The van der Waals surface area contributed by atoms with Crippen LogP contribution in [0.25, 0.3) is 0 Å². The van der Waals surface area contributed by atoms with Crippen LogP contribution >= 0.6 is 23.2 Å². The van der Waals surface area contributed by atoms with Crippen molar-refractivity contribution in [3.63, 3.8) is 0 Å². The molecule has 0 bridgehead atoms. The van der Waals surface area contributed by atoms with Crippen molar-refractivity contribution < 1.29 is 9.50 Å². The van der Waals surface area contributed by atoms with Crippen LogP contribution in [0.2, 0.25) is 10.0 Å². The molecule has 0 aromatic heterocycles. The third kappa shape index (κ3) is 4.11. The van der Waals surface area contributed by atoms with Crippen molar-refractivity contribution >= 4 is 23.2 Å². The van der Waals surface area contributed by atoms with Crippen LogP contribution in [-0.2, 0) is 0 Å². The molecule has 2 N–H and O–H groups in total. The van der Waals surface area contributed by atoms with Gasteiger partial charge >= 0.3 is 0 Å². The van der Waals surface area contributed by atoms with Crippen LogP contribution in [0, 0.1) is 5.82 Å². The van der Waals surface area contributed by atoms with E-state index in [0.29, 0.717) is 10.6 Å². The van der Waals surface area contributed by atoms with E-state index in [4.69, 9.17) is 28.3 Å². The summed E-state index contributed by atoms with van der Waals surface area (Å²) >= 11 is 11.9. The van der Waals surface area contributed by atoms with Crippen molar-refractivity contribution in [2.24, 2.45) is 0 Å². The van der Waals surface area contributed by atoms with Gasteiger partial charge in [-0.3, -0.25) is 0 Å². The van der Waals surface area contributed by atoms with E-state index >= 15 is 0 Å². The highest BCUT2D eigenvalue weighted by Crippen LogP contribution is 2.32. The Balaban J connectivity index is 2.68. The molecule has 1 aromatic carbocycles. The van der Waals surface area contributed by atoms with Gasteiger partial charge in [0.15, 0.2) is 0 Å². The van der Waals surface area contributed by atoms with Gasteiger partial charge in [0.05, 0.1) is 5.02 Å². The van der Waals surface area contributed by atoms with E-state index in [0.717, 1.165) is 19.4 Å². The van der Waals surface area contributed by atoms with Crippen molar-refractivity contribution in [2.45, 2.75) is 25.8 Å². The molecule has 1 unspecified atom stereocenters. The smallest absolute Gasteiger partial charge is 0.142 e. The number of hydrogen-bond donors (Lipinski definition) is 2. The lowest BCUT2D eigenvalue weighted by Crippen LogP contribution is -2.21. The fourth-order valence-corrected chi connectivity index (χ4v) is 2.30. The Bertz CT molecular complexity index is 374. The number of benzene rings is 1. The molecule has 1 rings (SSSR count). The predicted molar refractivity (Wildman–Crippen MR) is 69.2 cm³/mol. The Morgan fingerprint density at radius 2 is 2.06 bits per heavy atom. The fourth-order valence-electron chi connectivity index (χ4n) is 1.60. The maximum atomic E-state index is 13.3. The Morgan fingerprint density at radius 3 is 2.71 bits per heavy atom. The van der Waals surface area contributed by atoms with Gasteiger partial charge in [-0.2, -0.15) is 0 Å². The van der Waals surface area contributed by atoms with E-state index in [1.165, 1.54) is 12.1 Å². The van der Waals surface area contributed by atoms with E-state index in [1.807, 2.05) is 6.92 Å². The lowest BCUT2D eigenvalue weighted by molar-refractivity contribution is 0.283. The summed E-state index contributed by atoms with van der Waals surface area (Å²) in [5.41, 5.74) is 0.581. The number of halogens is 3. The van der Waals surface area contributed by atoms with E-state index in [-0.39, 0.29) is 17.7 Å². The SMILES string of the molecule is CC(NCCCCO)c1c(Cl)ccc(F)c1Cl. The Morgan fingerprint density at radius 1 is 1.35 bits per heavy atom. The molecular weight excluding hydrogens is 264 g/mol. The van der Waals surface area contributed by atoms with Crippen molar-refractivity contribution in [3.8, 4) is 0 Å². The molecule has 5 heteroatoms. The average molecular weight is 280 g/mol. The first-order chi connectivity index (χ1) is 8.07. The Labute approximate surface area is 111 Å². The minimum Gasteiger partial charge on any atom is -0.396 e. The summed E-state index contributed by atoms with van der Waals surface area (Å²) < 4.78 is 13.3. The van der Waals surface area contributed by atoms with Crippen LogP contribution in [0.3, 0.4) is 0 Å². The Hall–Kier alpha value is -0.350. The van der Waals surface area contributed by atoms with Crippen LogP contribution in [0.1, 0.15) is 31.4 Å². The second kappa shape index (κ2) is 7.17. The van der Waals surface area contributed by atoms with Gasteiger partial charge in [-0.1, -0.05) is 23.2 Å². The lowest BCUT2D eigenvalue weighted by Gasteiger charge is -2.17. The first kappa shape index (κ1) is 14.7. The molecule has 0 aliphatic rings. The number of aliphatic hydroxyl groups excluding tert-OH is 1. The van der Waals surface area contributed by atoms with Gasteiger partial charge in [-0.15, -0.1) is 0 Å². The highest BCUT2D eigenvalue weighted by atomic mass is 35.5. The summed E-state index contributed by atoms with van der Waals surface area (Å²) in [6.07, 6.45) is 1.59. The maximum Gasteiger partial charge on any atom is 0.142 e. The van der Waals surface area contributed by atoms with Gasteiger partial charge in [-0.05, 0) is 38.4 Å². The monoisotopic (exact) mass is 279 g/mol. The number of rotatable bonds is 6. The zero-order chi connectivity index (χ0) is 12.8. The molecule has 0 saturated carbocycles. The summed E-state index contributed by atoms with van der Waals surface area (Å²) in [7, 11) is 0. The van der Waals surface area contributed by atoms with Crippen LogP contribution in [0.4, 0.5) is 4.39 Å². The third-order valence-electron chi connectivity index (χ3n) is 2.55. The van der Waals surface area contributed by atoms with Gasteiger partial charge in [-0.25, -0.2) is 4.39 Å². The van der Waals surface area contributed by atoms with Crippen LogP contribution in [0.15, 0.2) is 12.1 Å². The standard InChI is InChI=1S/C12H16Cl2FNO/c1-8(16-6-2-3-7-17)11-9(13)4-5-10(15)12(11)14/h4-5,8,16-17H,2-3,6-7H2,1H3. The molecule has 0 amide bonds. The van der Waals surface area contributed by atoms with E-state index in [1.54, 1.807) is 0 Å². The molecule has 0 saturated heterocycles. The number of aliphatic hydroxyl groups is 1. The highest BCUT2D eigenvalue weighted by Gasteiger charge is 2.16. The molecule has 1 aromatic rings. The molecule has 0 spiro atoms. The van der Waals surface area contributed by atoms with Crippen LogP contribution in [0.5, 0.6) is 0 Å². The average Bonchev–Trinajstić information content (AvgIpc) is 2.30. The van der Waals surface area contributed by atoms with Crippen LogP contribution < -0.4 is 5.32 Å². The van der Waals surface area contributed by atoms with E-state index in [9.17, 15) is 4.39 Å². The molecule has 96 valence electrons. The van der Waals surface area contributed by atoms with Crippen molar-refractivity contribution in [1.29, 1.82) is 0 Å². The second-order valence-corrected chi connectivity index (χ2v) is 4.65. The fraction of sp³-hybridized carbons (Fsp3) is 0.500. The summed E-state index contributed by atoms with van der Waals surface area (Å²) in [4.78, 5) is 0. The quantitative estimate of drug-likeness (QED) is 0.617. The van der Waals surface area contributed by atoms with E-state index < -0.39 is 5.82 Å². The number of nitrogens with one attached hydrogen (secondary N) is 1. The van der Waals surface area contributed by atoms with Gasteiger partial charge in [0.25, 0.3) is 0 Å². The summed E-state index contributed by atoms with van der Waals surface area (Å²) in [5.74, 6) is -0.463. The zero-order valence-electron chi connectivity index (χ0n) is 9.64. The molecule has 0 radical (unpaired) electrons. The largest absolute Gasteiger partial charge is 0.396 e. The van der Waals surface area contributed by atoms with Crippen LogP contribution in [-0.4, -0.2) is 18.3 Å². The summed E-state index contributed by atoms with van der Waals surface area (Å²) in [6, 6.07) is 2.64. The molecule has 2 nitrogen and oxygen atoms in total. The minimum absolute atomic E-state index is 0.0691. The molecule has 0 aliphatic heterocycles. The molecule has 0 fully saturated rings. The van der Waals surface area contributed by atoms with Crippen molar-refractivity contribution in [2.75, 3.05) is 13.2 Å². The Kier molecular flexibility index (Phi) is 6.20. The summed E-state index contributed by atoms with van der Waals surface area (Å²) in [6.45, 7) is 2.79. The maximum absolute atomic E-state index is 13.3. The molecule has 17 heavy (non-hydrogen) atoms. The van der Waals surface area contributed by atoms with Gasteiger partial charge in [0, 0.05) is 23.2 Å². The third-order valence-corrected chi connectivity index (χ3v) is 3.26. The second-order valence-electron chi connectivity index (χ2n) is 3.86. The molecule has 1 atom stereocenters. The lowest BCUT2D eigenvalue weighted by atomic mass is 10.1. The topological polar surface area (TPSA) is 32.3 Å². The normalized spacial score (nSPS) is 12.8. The predicted octanol–water partition coefficient (Wildman–Crippen LogP) is 3.56. The van der Waals surface area contributed by atoms with Gasteiger partial charge in [0.1, 0.15) is 5.82 Å². The van der Waals surface area contributed by atoms with Gasteiger partial charge in [0.2, 0.25) is 0 Å².